The third-order valence-electron chi connectivity index (χ3n) is 5.18. The molecule has 1 atom stereocenters. The van der Waals surface area contributed by atoms with Crippen LogP contribution in [0.2, 0.25) is 0 Å². The quantitative estimate of drug-likeness (QED) is 0.503. The van der Waals surface area contributed by atoms with E-state index in [4.69, 9.17) is 0 Å². The van der Waals surface area contributed by atoms with Gasteiger partial charge in [0.1, 0.15) is 0 Å². The van der Waals surface area contributed by atoms with Crippen LogP contribution in [0.1, 0.15) is 30.5 Å². The van der Waals surface area contributed by atoms with Crippen molar-refractivity contribution in [1.82, 2.24) is 21.0 Å². The number of rotatable bonds is 2. The maximum atomic E-state index is 3.76. The lowest BCUT2D eigenvalue weighted by atomic mass is 9.97. The van der Waals surface area contributed by atoms with Gasteiger partial charge in [-0.25, -0.2) is 0 Å². The van der Waals surface area contributed by atoms with E-state index in [0.717, 1.165) is 34.3 Å². The topological polar surface area (TPSA) is 55.1 Å². The largest absolute Gasteiger partial charge is 0.378 e. The molecular formula is C20H20BrN5. The van der Waals surface area contributed by atoms with Gasteiger partial charge in [0.25, 0.3) is 0 Å². The molecule has 0 saturated carbocycles. The third-order valence-corrected chi connectivity index (χ3v) is 5.68. The van der Waals surface area contributed by atoms with Gasteiger partial charge in [-0.15, -0.1) is 5.53 Å². The second-order valence-corrected chi connectivity index (χ2v) is 7.77. The maximum absolute atomic E-state index is 3.76. The first-order chi connectivity index (χ1) is 12.7. The first-order valence-corrected chi connectivity index (χ1v) is 9.62. The van der Waals surface area contributed by atoms with E-state index in [-0.39, 0.29) is 6.04 Å². The van der Waals surface area contributed by atoms with Crippen LogP contribution in [-0.2, 0) is 0 Å². The second kappa shape index (κ2) is 6.07. The van der Waals surface area contributed by atoms with Crippen molar-refractivity contribution in [2.45, 2.75) is 19.4 Å². The Hall–Kier alpha value is -2.44. The van der Waals surface area contributed by atoms with Crippen LogP contribution in [0.3, 0.4) is 0 Å². The van der Waals surface area contributed by atoms with Crippen molar-refractivity contribution in [1.29, 1.82) is 0 Å². The summed E-state index contributed by atoms with van der Waals surface area (Å²) in [6, 6.07) is 15.4. The predicted octanol–water partition coefficient (Wildman–Crippen LogP) is 4.50. The number of hydrogen-bond donors (Lipinski definition) is 4. The number of fused-ring (bicyclic) bond motifs is 4. The lowest BCUT2D eigenvalue weighted by Gasteiger charge is -2.21. The molecule has 5 nitrogen and oxygen atoms in total. The van der Waals surface area contributed by atoms with Crippen LogP contribution in [0.5, 0.6) is 0 Å². The normalized spacial score (nSPS) is 19.2. The van der Waals surface area contributed by atoms with Crippen molar-refractivity contribution in [3.05, 3.63) is 70.0 Å². The van der Waals surface area contributed by atoms with Crippen LogP contribution in [0, 0.1) is 0 Å². The highest BCUT2D eigenvalue weighted by Gasteiger charge is 2.30. The fourth-order valence-electron chi connectivity index (χ4n) is 3.93. The van der Waals surface area contributed by atoms with Gasteiger partial charge in [0, 0.05) is 39.4 Å². The highest BCUT2D eigenvalue weighted by Crippen LogP contribution is 2.38. The molecule has 26 heavy (non-hydrogen) atoms. The average Bonchev–Trinajstić information content (AvgIpc) is 3.21. The zero-order valence-corrected chi connectivity index (χ0v) is 16.0. The van der Waals surface area contributed by atoms with E-state index in [1.165, 1.54) is 22.2 Å². The first kappa shape index (κ1) is 15.8. The third kappa shape index (κ3) is 2.57. The van der Waals surface area contributed by atoms with Crippen LogP contribution in [0.4, 0.5) is 5.69 Å². The van der Waals surface area contributed by atoms with Crippen LogP contribution in [0.15, 0.2) is 58.8 Å². The van der Waals surface area contributed by atoms with Crippen molar-refractivity contribution in [3.8, 4) is 0 Å². The van der Waals surface area contributed by atoms with E-state index in [9.17, 15) is 0 Å². The monoisotopic (exact) mass is 409 g/mol. The van der Waals surface area contributed by atoms with Gasteiger partial charge in [-0.05, 0) is 55.3 Å². The van der Waals surface area contributed by atoms with E-state index >= 15 is 0 Å². The lowest BCUT2D eigenvalue weighted by molar-refractivity contribution is 0.281. The molecule has 3 aromatic rings. The first-order valence-electron chi connectivity index (χ1n) is 8.82. The molecule has 0 aliphatic carbocycles. The van der Waals surface area contributed by atoms with Crippen molar-refractivity contribution in [3.63, 3.8) is 0 Å². The summed E-state index contributed by atoms with van der Waals surface area (Å²) in [5, 5.41) is 7.19. The highest BCUT2D eigenvalue weighted by atomic mass is 79.9. The molecule has 2 aliphatic heterocycles. The molecule has 3 heterocycles. The zero-order valence-electron chi connectivity index (χ0n) is 14.4. The predicted molar refractivity (Wildman–Crippen MR) is 109 cm³/mol. The fraction of sp³-hybridized carbons (Fsp3) is 0.200. The minimum atomic E-state index is 0.242. The molecule has 0 fully saturated rings. The number of benzene rings is 2. The minimum absolute atomic E-state index is 0.242. The number of allylic oxidation sites excluding steroid dienone is 1. The number of aromatic amines is 1. The second-order valence-electron chi connectivity index (χ2n) is 6.86. The Labute approximate surface area is 160 Å². The summed E-state index contributed by atoms with van der Waals surface area (Å²) in [5.41, 5.74) is 13.8. The Bertz CT molecular complexity index is 1020. The molecule has 2 aliphatic rings. The lowest BCUT2D eigenvalue weighted by Crippen LogP contribution is -2.37. The Kier molecular flexibility index (Phi) is 3.69. The Morgan fingerprint density at radius 2 is 2.08 bits per heavy atom. The van der Waals surface area contributed by atoms with E-state index in [1.54, 1.807) is 0 Å². The molecule has 0 bridgehead atoms. The van der Waals surface area contributed by atoms with Crippen molar-refractivity contribution < 1.29 is 0 Å². The molecule has 0 spiro atoms. The molecule has 132 valence electrons. The molecule has 4 N–H and O–H groups in total. The van der Waals surface area contributed by atoms with Gasteiger partial charge >= 0.3 is 0 Å². The van der Waals surface area contributed by atoms with Crippen LogP contribution < -0.4 is 16.3 Å². The van der Waals surface area contributed by atoms with Crippen molar-refractivity contribution >= 4 is 38.2 Å². The standard InChI is InChI=1S/C20H20BrN5/c1-12-20-16-4-2-14(21)11-17(16)19(7-9-26(20)25-24-12)23-15-3-5-18-13(10-15)6-8-22-18/h2-6,8,10-11,19,22-25H,7,9H2,1H3. The van der Waals surface area contributed by atoms with Gasteiger partial charge in [-0.2, -0.15) is 0 Å². The SMILES string of the molecule is CC1=C2c3ccc(Br)cc3C(Nc3ccc4[nH]ccc4c3)CCN2NN1. The van der Waals surface area contributed by atoms with Crippen molar-refractivity contribution in [2.75, 3.05) is 11.9 Å². The fourth-order valence-corrected chi connectivity index (χ4v) is 4.31. The number of aromatic nitrogens is 1. The average molecular weight is 410 g/mol. The Morgan fingerprint density at radius 1 is 1.15 bits per heavy atom. The van der Waals surface area contributed by atoms with E-state index in [0.29, 0.717) is 0 Å². The van der Waals surface area contributed by atoms with Gasteiger partial charge in [-0.3, -0.25) is 5.01 Å². The molecule has 1 aromatic heterocycles. The number of nitrogens with zero attached hydrogens (tertiary/aromatic N) is 1. The van der Waals surface area contributed by atoms with E-state index in [1.807, 2.05) is 6.20 Å². The molecular weight excluding hydrogens is 390 g/mol. The zero-order chi connectivity index (χ0) is 17.7. The van der Waals surface area contributed by atoms with Crippen LogP contribution in [-0.4, -0.2) is 16.5 Å². The van der Waals surface area contributed by atoms with Gasteiger partial charge in [-0.1, -0.05) is 22.0 Å². The van der Waals surface area contributed by atoms with E-state index < -0.39 is 0 Å². The molecule has 6 heteroatoms. The summed E-state index contributed by atoms with van der Waals surface area (Å²) in [6.07, 6.45) is 2.98. The summed E-state index contributed by atoms with van der Waals surface area (Å²) in [5.74, 6) is 0. The summed E-state index contributed by atoms with van der Waals surface area (Å²) < 4.78 is 1.11. The van der Waals surface area contributed by atoms with Gasteiger partial charge in [0.15, 0.2) is 0 Å². The molecule has 2 aromatic carbocycles. The number of H-pyrrole nitrogens is 1. The smallest absolute Gasteiger partial charge is 0.0814 e. The minimum Gasteiger partial charge on any atom is -0.378 e. The maximum Gasteiger partial charge on any atom is 0.0814 e. The highest BCUT2D eigenvalue weighted by molar-refractivity contribution is 9.10. The number of hydrogen-bond acceptors (Lipinski definition) is 4. The Morgan fingerprint density at radius 3 is 3.00 bits per heavy atom. The number of anilines is 1. The molecule has 0 radical (unpaired) electrons. The molecule has 0 amide bonds. The van der Waals surface area contributed by atoms with Crippen molar-refractivity contribution in [2.24, 2.45) is 0 Å². The molecule has 5 rings (SSSR count). The Balaban J connectivity index is 1.57. The molecule has 0 saturated heterocycles. The van der Waals surface area contributed by atoms with Gasteiger partial charge in [0.2, 0.25) is 0 Å². The summed E-state index contributed by atoms with van der Waals surface area (Å²) in [6.45, 7) is 3.04. The van der Waals surface area contributed by atoms with Crippen LogP contribution in [0.25, 0.3) is 16.6 Å². The number of hydrazine groups is 2. The van der Waals surface area contributed by atoms with E-state index in [2.05, 4.69) is 91.6 Å². The number of nitrogens with one attached hydrogen (secondary N) is 4. The molecule has 1 unspecified atom stereocenters. The number of halogens is 1. The summed E-state index contributed by atoms with van der Waals surface area (Å²) in [7, 11) is 0. The van der Waals surface area contributed by atoms with Crippen LogP contribution >= 0.6 is 15.9 Å². The summed E-state index contributed by atoms with van der Waals surface area (Å²) in [4.78, 5) is 3.25. The van der Waals surface area contributed by atoms with Gasteiger partial charge < -0.3 is 15.7 Å². The summed E-state index contributed by atoms with van der Waals surface area (Å²) >= 11 is 3.65. The van der Waals surface area contributed by atoms with Gasteiger partial charge in [0.05, 0.1) is 17.4 Å².